The van der Waals surface area contributed by atoms with Crippen molar-refractivity contribution >= 4 is 11.7 Å². The van der Waals surface area contributed by atoms with E-state index in [0.717, 1.165) is 11.3 Å². The molecule has 1 aromatic heterocycles. The third kappa shape index (κ3) is 4.36. The molecule has 5 nitrogen and oxygen atoms in total. The first kappa shape index (κ1) is 17.4. The molecule has 0 fully saturated rings. The summed E-state index contributed by atoms with van der Waals surface area (Å²) in [4.78, 5) is 16.3. The summed E-state index contributed by atoms with van der Waals surface area (Å²) < 4.78 is 18.5. The lowest BCUT2D eigenvalue weighted by atomic mass is 10.2. The van der Waals surface area contributed by atoms with E-state index in [-0.39, 0.29) is 17.5 Å². The van der Waals surface area contributed by atoms with E-state index in [1.807, 2.05) is 19.1 Å². The zero-order valence-electron chi connectivity index (χ0n) is 14.2. The average molecular weight is 351 g/mol. The third-order valence-electron chi connectivity index (χ3n) is 3.73. The van der Waals surface area contributed by atoms with E-state index < -0.39 is 0 Å². The number of anilines is 1. The van der Waals surface area contributed by atoms with E-state index in [1.54, 1.807) is 36.4 Å². The van der Waals surface area contributed by atoms with Crippen LogP contribution in [0.5, 0.6) is 11.5 Å². The number of nitrogens with one attached hydrogen (secondary N) is 1. The Kier molecular flexibility index (Phi) is 5.12. The van der Waals surface area contributed by atoms with Gasteiger partial charge >= 0.3 is 0 Å². The molecular formula is C20H18FN3O2. The number of aryl methyl sites for hydroxylation is 1. The van der Waals surface area contributed by atoms with Gasteiger partial charge in [0.05, 0.1) is 5.56 Å². The first-order chi connectivity index (χ1) is 12.5. The molecule has 3 rings (SSSR count). The highest BCUT2D eigenvalue weighted by atomic mass is 19.1. The number of hydrogen-bond donors (Lipinski definition) is 2. The van der Waals surface area contributed by atoms with Crippen LogP contribution >= 0.6 is 0 Å². The van der Waals surface area contributed by atoms with E-state index in [0.29, 0.717) is 23.6 Å². The molecule has 0 aliphatic carbocycles. The second-order valence-corrected chi connectivity index (χ2v) is 5.77. The Morgan fingerprint density at radius 1 is 1.04 bits per heavy atom. The van der Waals surface area contributed by atoms with Crippen molar-refractivity contribution in [3.05, 3.63) is 83.3 Å². The van der Waals surface area contributed by atoms with Crippen LogP contribution in [-0.2, 0) is 6.54 Å². The monoisotopic (exact) mass is 351 g/mol. The van der Waals surface area contributed by atoms with Gasteiger partial charge in [0.15, 0.2) is 0 Å². The van der Waals surface area contributed by atoms with Crippen molar-refractivity contribution < 1.29 is 13.9 Å². The summed E-state index contributed by atoms with van der Waals surface area (Å²) in [6, 6.07) is 16.5. The number of hydrogen-bond acceptors (Lipinski definition) is 4. The Hall–Kier alpha value is -3.41. The molecule has 0 radical (unpaired) electrons. The smallest absolute Gasteiger partial charge is 0.255 e. The second kappa shape index (κ2) is 7.65. The molecule has 2 aromatic carbocycles. The number of nitrogens with zero attached hydrogens (tertiary/aromatic N) is 1. The standard InChI is InChI=1S/C20H18FN3O2/c1-13-2-11-18(19(22)24-13)20(25)23-12-14-3-7-16(8-4-14)26-17-9-5-15(21)6-10-17/h2-11H,12H2,1H3,(H2,22,24)(H,23,25). The normalized spacial score (nSPS) is 10.4. The van der Waals surface area contributed by atoms with Gasteiger partial charge in [-0.1, -0.05) is 12.1 Å². The van der Waals surface area contributed by atoms with Crippen molar-refractivity contribution in [3.63, 3.8) is 0 Å². The summed E-state index contributed by atoms with van der Waals surface area (Å²) in [5.74, 6) is 0.800. The van der Waals surface area contributed by atoms with Crippen LogP contribution in [0.25, 0.3) is 0 Å². The van der Waals surface area contributed by atoms with Gasteiger partial charge in [-0.2, -0.15) is 0 Å². The number of amides is 1. The summed E-state index contributed by atoms with van der Waals surface area (Å²) >= 11 is 0. The van der Waals surface area contributed by atoms with Crippen LogP contribution in [0.3, 0.4) is 0 Å². The minimum Gasteiger partial charge on any atom is -0.457 e. The Balaban J connectivity index is 1.58. The number of carbonyl (C=O) groups is 1. The molecule has 132 valence electrons. The first-order valence-electron chi connectivity index (χ1n) is 8.05. The van der Waals surface area contributed by atoms with Crippen molar-refractivity contribution in [1.82, 2.24) is 10.3 Å². The van der Waals surface area contributed by atoms with E-state index >= 15 is 0 Å². The van der Waals surface area contributed by atoms with Crippen LogP contribution in [-0.4, -0.2) is 10.9 Å². The molecule has 1 amide bonds. The molecule has 0 unspecified atom stereocenters. The topological polar surface area (TPSA) is 77.2 Å². The number of carbonyl (C=O) groups excluding carboxylic acids is 1. The number of nitrogen functional groups attached to an aromatic ring is 1. The molecule has 3 aromatic rings. The van der Waals surface area contributed by atoms with Crippen LogP contribution in [0.15, 0.2) is 60.7 Å². The molecule has 0 atom stereocenters. The molecule has 3 N–H and O–H groups in total. The van der Waals surface area contributed by atoms with Crippen molar-refractivity contribution in [2.24, 2.45) is 0 Å². The number of nitrogens with two attached hydrogens (primary N) is 1. The van der Waals surface area contributed by atoms with Crippen molar-refractivity contribution in [3.8, 4) is 11.5 Å². The molecule has 0 aliphatic rings. The summed E-state index contributed by atoms with van der Waals surface area (Å²) in [6.07, 6.45) is 0. The zero-order valence-corrected chi connectivity index (χ0v) is 14.2. The number of ether oxygens (including phenoxy) is 1. The summed E-state index contributed by atoms with van der Waals surface area (Å²) in [5.41, 5.74) is 7.80. The molecule has 0 saturated carbocycles. The average Bonchev–Trinajstić information content (AvgIpc) is 2.63. The van der Waals surface area contributed by atoms with Gasteiger partial charge in [-0.3, -0.25) is 4.79 Å². The van der Waals surface area contributed by atoms with Crippen LogP contribution < -0.4 is 15.8 Å². The fourth-order valence-corrected chi connectivity index (χ4v) is 2.36. The fraction of sp³-hybridized carbons (Fsp3) is 0.100. The van der Waals surface area contributed by atoms with E-state index in [9.17, 15) is 9.18 Å². The maximum absolute atomic E-state index is 12.9. The highest BCUT2D eigenvalue weighted by Gasteiger charge is 2.10. The summed E-state index contributed by atoms with van der Waals surface area (Å²) in [6.45, 7) is 2.16. The Morgan fingerprint density at radius 3 is 2.27 bits per heavy atom. The maximum atomic E-state index is 12.9. The minimum absolute atomic E-state index is 0.213. The van der Waals surface area contributed by atoms with Gasteiger partial charge in [0, 0.05) is 12.2 Å². The fourth-order valence-electron chi connectivity index (χ4n) is 2.36. The molecular weight excluding hydrogens is 333 g/mol. The van der Waals surface area contributed by atoms with Crippen molar-refractivity contribution in [2.45, 2.75) is 13.5 Å². The van der Waals surface area contributed by atoms with Gasteiger partial charge in [-0.05, 0) is 61.0 Å². The van der Waals surface area contributed by atoms with Crippen LogP contribution in [0, 0.1) is 12.7 Å². The number of pyridine rings is 1. The van der Waals surface area contributed by atoms with Crippen LogP contribution in [0.2, 0.25) is 0 Å². The quantitative estimate of drug-likeness (QED) is 0.732. The highest BCUT2D eigenvalue weighted by molar-refractivity contribution is 5.98. The predicted octanol–water partition coefficient (Wildman–Crippen LogP) is 3.83. The SMILES string of the molecule is Cc1ccc(C(=O)NCc2ccc(Oc3ccc(F)cc3)cc2)c(N)n1. The maximum Gasteiger partial charge on any atom is 0.255 e. The molecule has 1 heterocycles. The van der Waals surface area contributed by atoms with Gasteiger partial charge in [0.25, 0.3) is 5.91 Å². The lowest BCUT2D eigenvalue weighted by Crippen LogP contribution is -2.24. The van der Waals surface area contributed by atoms with Gasteiger partial charge in [-0.15, -0.1) is 0 Å². The Bertz CT molecular complexity index is 909. The number of aromatic nitrogens is 1. The molecule has 0 aliphatic heterocycles. The molecule has 6 heteroatoms. The van der Waals surface area contributed by atoms with E-state index in [2.05, 4.69) is 10.3 Å². The zero-order chi connectivity index (χ0) is 18.5. The minimum atomic E-state index is -0.312. The Labute approximate surface area is 150 Å². The first-order valence-corrected chi connectivity index (χ1v) is 8.05. The van der Waals surface area contributed by atoms with E-state index in [4.69, 9.17) is 10.5 Å². The molecule has 26 heavy (non-hydrogen) atoms. The second-order valence-electron chi connectivity index (χ2n) is 5.77. The summed E-state index contributed by atoms with van der Waals surface area (Å²) in [5, 5.41) is 2.81. The third-order valence-corrected chi connectivity index (χ3v) is 3.73. The Morgan fingerprint density at radius 2 is 1.65 bits per heavy atom. The predicted molar refractivity (Wildman–Crippen MR) is 97.5 cm³/mol. The van der Waals surface area contributed by atoms with Crippen molar-refractivity contribution in [1.29, 1.82) is 0 Å². The van der Waals surface area contributed by atoms with Crippen molar-refractivity contribution in [2.75, 3.05) is 5.73 Å². The lowest BCUT2D eigenvalue weighted by molar-refractivity contribution is 0.0951. The van der Waals surface area contributed by atoms with Gasteiger partial charge in [0.2, 0.25) is 0 Å². The van der Waals surface area contributed by atoms with Crippen LogP contribution in [0.1, 0.15) is 21.6 Å². The van der Waals surface area contributed by atoms with Gasteiger partial charge in [-0.25, -0.2) is 9.37 Å². The highest BCUT2D eigenvalue weighted by Crippen LogP contribution is 2.22. The molecule has 0 bridgehead atoms. The summed E-state index contributed by atoms with van der Waals surface area (Å²) in [7, 11) is 0. The molecule has 0 saturated heterocycles. The largest absolute Gasteiger partial charge is 0.457 e. The van der Waals surface area contributed by atoms with Crippen LogP contribution in [0.4, 0.5) is 10.2 Å². The lowest BCUT2D eigenvalue weighted by Gasteiger charge is -2.09. The van der Waals surface area contributed by atoms with E-state index in [1.165, 1.54) is 12.1 Å². The number of benzene rings is 2. The van der Waals surface area contributed by atoms with Gasteiger partial charge in [0.1, 0.15) is 23.1 Å². The number of halogens is 1. The molecule has 0 spiro atoms. The van der Waals surface area contributed by atoms with Gasteiger partial charge < -0.3 is 15.8 Å². The number of rotatable bonds is 5.